The van der Waals surface area contributed by atoms with Gasteiger partial charge >= 0.3 is 17.9 Å². The molecule has 14 heteroatoms. The molecule has 0 aromatic heterocycles. The molecule has 8 N–H and O–H groups in total. The van der Waals surface area contributed by atoms with Crippen molar-refractivity contribution < 1.29 is 44.1 Å². The van der Waals surface area contributed by atoms with Crippen molar-refractivity contribution in [1.82, 2.24) is 16.0 Å². The summed E-state index contributed by atoms with van der Waals surface area (Å²) in [6, 6.07) is 2.47. The van der Waals surface area contributed by atoms with Crippen LogP contribution in [0.15, 0.2) is 30.3 Å². The number of hydrogen-bond donors (Lipinski definition) is 8. The Morgan fingerprint density at radius 2 is 1.26 bits per heavy atom. The Hall–Kier alpha value is -3.65. The van der Waals surface area contributed by atoms with Crippen LogP contribution < -0.4 is 21.7 Å². The van der Waals surface area contributed by atoms with Gasteiger partial charge in [0.2, 0.25) is 17.7 Å². The summed E-state index contributed by atoms with van der Waals surface area (Å²) >= 11 is 3.87. The van der Waals surface area contributed by atoms with Crippen LogP contribution in [0.25, 0.3) is 0 Å². The molecule has 1 rings (SSSR count). The van der Waals surface area contributed by atoms with E-state index in [4.69, 9.17) is 21.1 Å². The van der Waals surface area contributed by atoms with Crippen LogP contribution in [0.2, 0.25) is 0 Å². The summed E-state index contributed by atoms with van der Waals surface area (Å²) in [5.74, 6) is -7.43. The number of carboxylic acids is 3. The molecule has 3 amide bonds. The molecule has 0 bridgehead atoms. The summed E-state index contributed by atoms with van der Waals surface area (Å²) < 4.78 is 0. The summed E-state index contributed by atoms with van der Waals surface area (Å²) in [6.07, 6.45) is -1.72. The molecule has 186 valence electrons. The van der Waals surface area contributed by atoms with Crippen LogP contribution in [-0.2, 0) is 35.2 Å². The molecule has 4 atom stereocenters. The number of benzene rings is 1. The van der Waals surface area contributed by atoms with Crippen molar-refractivity contribution in [2.45, 2.75) is 43.4 Å². The second-order valence-electron chi connectivity index (χ2n) is 7.20. The van der Waals surface area contributed by atoms with Gasteiger partial charge in [-0.25, -0.2) is 4.79 Å². The highest BCUT2D eigenvalue weighted by Crippen LogP contribution is 2.06. The largest absolute Gasteiger partial charge is 0.481 e. The Balaban J connectivity index is 3.09. The summed E-state index contributed by atoms with van der Waals surface area (Å²) in [5.41, 5.74) is 6.05. The number of hydrogen-bond acceptors (Lipinski definition) is 8. The second kappa shape index (κ2) is 13.8. The van der Waals surface area contributed by atoms with Gasteiger partial charge in [-0.15, -0.1) is 0 Å². The summed E-state index contributed by atoms with van der Waals surface area (Å²) in [6.45, 7) is 0. The van der Waals surface area contributed by atoms with Gasteiger partial charge in [-0.05, 0) is 5.56 Å². The average Bonchev–Trinajstić information content (AvgIpc) is 2.75. The molecule has 0 heterocycles. The molecule has 0 fully saturated rings. The van der Waals surface area contributed by atoms with Gasteiger partial charge in [0, 0.05) is 12.2 Å². The zero-order valence-corrected chi connectivity index (χ0v) is 18.7. The minimum absolute atomic E-state index is 0.0798. The van der Waals surface area contributed by atoms with Gasteiger partial charge < -0.3 is 37.0 Å². The fraction of sp³-hybridized carbons (Fsp3) is 0.400. The molecule has 0 saturated heterocycles. The maximum Gasteiger partial charge on any atom is 0.327 e. The third-order valence-corrected chi connectivity index (χ3v) is 4.82. The Morgan fingerprint density at radius 3 is 1.76 bits per heavy atom. The quantitative estimate of drug-likeness (QED) is 0.131. The zero-order valence-electron chi connectivity index (χ0n) is 17.8. The van der Waals surface area contributed by atoms with E-state index < -0.39 is 72.6 Å². The Labute approximate surface area is 199 Å². The van der Waals surface area contributed by atoms with E-state index in [9.17, 15) is 28.8 Å². The van der Waals surface area contributed by atoms with Crippen molar-refractivity contribution in [3.63, 3.8) is 0 Å². The normalized spacial score (nSPS) is 14.1. The first kappa shape index (κ1) is 28.4. The van der Waals surface area contributed by atoms with Crippen LogP contribution in [-0.4, -0.2) is 80.9 Å². The number of amides is 3. The van der Waals surface area contributed by atoms with Gasteiger partial charge in [-0.1, -0.05) is 30.3 Å². The zero-order chi connectivity index (χ0) is 25.8. The van der Waals surface area contributed by atoms with Crippen molar-refractivity contribution in [1.29, 1.82) is 0 Å². The van der Waals surface area contributed by atoms with Crippen LogP contribution in [0.3, 0.4) is 0 Å². The van der Waals surface area contributed by atoms with E-state index in [2.05, 4.69) is 28.6 Å². The lowest BCUT2D eigenvalue weighted by atomic mass is 10.0. The number of carbonyl (C=O) groups is 6. The van der Waals surface area contributed by atoms with E-state index in [1.165, 1.54) is 0 Å². The average molecular weight is 499 g/mol. The SMILES string of the molecule is NC(CC(=O)O)C(=O)NC(CC(=O)O)C(=O)NC(Cc1ccccc1)C(=O)NC(CS)C(=O)O. The molecule has 1 aromatic carbocycles. The van der Waals surface area contributed by atoms with Crippen molar-refractivity contribution in [2.75, 3.05) is 5.75 Å². The van der Waals surface area contributed by atoms with Gasteiger partial charge in [0.15, 0.2) is 0 Å². The molecule has 0 aliphatic carbocycles. The van der Waals surface area contributed by atoms with Crippen LogP contribution >= 0.6 is 12.6 Å². The summed E-state index contributed by atoms with van der Waals surface area (Å²) in [5, 5.41) is 33.6. The van der Waals surface area contributed by atoms with E-state index in [0.29, 0.717) is 5.56 Å². The van der Waals surface area contributed by atoms with E-state index in [-0.39, 0.29) is 12.2 Å². The number of nitrogens with two attached hydrogens (primary N) is 1. The first-order chi connectivity index (χ1) is 15.9. The van der Waals surface area contributed by atoms with Crippen molar-refractivity contribution in [2.24, 2.45) is 5.73 Å². The highest BCUT2D eigenvalue weighted by atomic mass is 32.1. The summed E-state index contributed by atoms with van der Waals surface area (Å²) in [4.78, 5) is 70.8. The lowest BCUT2D eigenvalue weighted by Gasteiger charge is -2.24. The molecule has 13 nitrogen and oxygen atoms in total. The number of rotatable bonds is 14. The Morgan fingerprint density at radius 1 is 0.765 bits per heavy atom. The van der Waals surface area contributed by atoms with E-state index in [1.807, 2.05) is 0 Å². The highest BCUT2D eigenvalue weighted by Gasteiger charge is 2.31. The first-order valence-electron chi connectivity index (χ1n) is 9.92. The number of thiol groups is 1. The molecule has 4 unspecified atom stereocenters. The fourth-order valence-electron chi connectivity index (χ4n) is 2.73. The molecular formula is C20H26N4O9S. The molecule has 0 aliphatic heterocycles. The predicted octanol–water partition coefficient (Wildman–Crippen LogP) is -2.03. The van der Waals surface area contributed by atoms with Crippen molar-refractivity contribution in [3.8, 4) is 0 Å². The summed E-state index contributed by atoms with van der Waals surface area (Å²) in [7, 11) is 0. The smallest absolute Gasteiger partial charge is 0.327 e. The standard InChI is InChI=1S/C20H26N4O9S/c21-11(7-15(25)26)17(29)22-13(8-16(27)28)19(31)23-12(6-10-4-2-1-3-5-10)18(30)24-14(9-34)20(32)33/h1-5,11-14,34H,6-9,21H2,(H,22,29)(H,23,31)(H,24,30)(H,25,26)(H,27,28)(H,32,33). The molecule has 0 radical (unpaired) electrons. The maximum atomic E-state index is 12.8. The minimum atomic E-state index is -1.68. The van der Waals surface area contributed by atoms with Crippen molar-refractivity contribution >= 4 is 48.3 Å². The lowest BCUT2D eigenvalue weighted by Crippen LogP contribution is -2.58. The third kappa shape index (κ3) is 9.87. The number of carbonyl (C=O) groups excluding carboxylic acids is 3. The maximum absolute atomic E-state index is 12.8. The number of aliphatic carboxylic acids is 3. The van der Waals surface area contributed by atoms with Gasteiger partial charge in [0.05, 0.1) is 18.9 Å². The first-order valence-corrected chi connectivity index (χ1v) is 10.6. The predicted molar refractivity (Wildman–Crippen MR) is 120 cm³/mol. The Kier molecular flexibility index (Phi) is 11.5. The van der Waals surface area contributed by atoms with Gasteiger partial charge in [-0.3, -0.25) is 24.0 Å². The van der Waals surface area contributed by atoms with Gasteiger partial charge in [0.25, 0.3) is 0 Å². The van der Waals surface area contributed by atoms with Crippen LogP contribution in [0.5, 0.6) is 0 Å². The Bertz CT molecular complexity index is 913. The number of nitrogens with one attached hydrogen (secondary N) is 3. The van der Waals surface area contributed by atoms with Crippen LogP contribution in [0.1, 0.15) is 18.4 Å². The topological polar surface area (TPSA) is 225 Å². The monoisotopic (exact) mass is 498 g/mol. The van der Waals surface area contributed by atoms with E-state index in [1.54, 1.807) is 30.3 Å². The van der Waals surface area contributed by atoms with Crippen molar-refractivity contribution in [3.05, 3.63) is 35.9 Å². The molecule has 0 saturated carbocycles. The lowest BCUT2D eigenvalue weighted by molar-refractivity contribution is -0.143. The second-order valence-corrected chi connectivity index (χ2v) is 7.56. The molecular weight excluding hydrogens is 472 g/mol. The molecule has 0 spiro atoms. The third-order valence-electron chi connectivity index (χ3n) is 4.46. The van der Waals surface area contributed by atoms with Crippen LogP contribution in [0, 0.1) is 0 Å². The molecule has 34 heavy (non-hydrogen) atoms. The molecule has 0 aliphatic rings. The molecule has 1 aromatic rings. The van der Waals surface area contributed by atoms with E-state index >= 15 is 0 Å². The van der Waals surface area contributed by atoms with E-state index in [0.717, 1.165) is 0 Å². The fourth-order valence-corrected chi connectivity index (χ4v) is 2.98. The highest BCUT2D eigenvalue weighted by molar-refractivity contribution is 7.80. The minimum Gasteiger partial charge on any atom is -0.481 e. The van der Waals surface area contributed by atoms with Crippen LogP contribution in [0.4, 0.5) is 0 Å². The number of carboxylic acid groups (broad SMARTS) is 3. The van der Waals surface area contributed by atoms with Gasteiger partial charge in [0.1, 0.15) is 18.1 Å². The van der Waals surface area contributed by atoms with Gasteiger partial charge in [-0.2, -0.15) is 12.6 Å².